The molecule has 0 aromatic heterocycles. The average molecular weight is 261 g/mol. The van der Waals surface area contributed by atoms with Gasteiger partial charge in [0.15, 0.2) is 0 Å². The molecule has 0 saturated heterocycles. The van der Waals surface area contributed by atoms with Crippen LogP contribution in [0, 0.1) is 17.7 Å². The summed E-state index contributed by atoms with van der Waals surface area (Å²) in [5.74, 6) is 4.36. The van der Waals surface area contributed by atoms with E-state index < -0.39 is 5.82 Å². The molecule has 0 heterocycles. The van der Waals surface area contributed by atoms with Crippen LogP contribution in [0.4, 0.5) is 4.39 Å². The predicted octanol–water partition coefficient (Wildman–Crippen LogP) is 1.79. The van der Waals surface area contributed by atoms with Crippen LogP contribution in [0.5, 0.6) is 0 Å². The largest absolute Gasteiger partial charge is 0.384 e. The molecule has 0 spiro atoms. The highest BCUT2D eigenvalue weighted by molar-refractivity contribution is 5.95. The Balaban J connectivity index is 2.29. The highest BCUT2D eigenvalue weighted by atomic mass is 19.1. The number of rotatable bonds is 3. The predicted molar refractivity (Wildman–Crippen MR) is 70.1 cm³/mol. The molecule has 100 valence electrons. The second kappa shape index (κ2) is 5.85. The Labute approximate surface area is 112 Å². The van der Waals surface area contributed by atoms with Crippen molar-refractivity contribution < 1.29 is 14.3 Å². The second-order valence-electron chi connectivity index (χ2n) is 4.48. The van der Waals surface area contributed by atoms with E-state index in [4.69, 9.17) is 5.11 Å². The van der Waals surface area contributed by atoms with Crippen molar-refractivity contribution in [2.75, 3.05) is 13.2 Å². The summed E-state index contributed by atoms with van der Waals surface area (Å²) in [6.45, 7) is 2.21. The zero-order valence-corrected chi connectivity index (χ0v) is 10.8. The van der Waals surface area contributed by atoms with Crippen LogP contribution in [0.25, 0.3) is 0 Å². The highest BCUT2D eigenvalue weighted by Gasteiger charge is 2.32. The third kappa shape index (κ3) is 3.12. The number of hydrogen-bond acceptors (Lipinski definition) is 2. The van der Waals surface area contributed by atoms with Gasteiger partial charge in [-0.25, -0.2) is 4.39 Å². The molecule has 2 rings (SSSR count). The number of benzene rings is 1. The molecule has 0 radical (unpaired) electrons. The fourth-order valence-corrected chi connectivity index (χ4v) is 2.02. The van der Waals surface area contributed by atoms with E-state index in [0.29, 0.717) is 12.1 Å². The maximum absolute atomic E-state index is 13.8. The van der Waals surface area contributed by atoms with Crippen LogP contribution in [0.3, 0.4) is 0 Å². The molecule has 0 bridgehead atoms. The van der Waals surface area contributed by atoms with E-state index in [1.807, 2.05) is 6.92 Å². The van der Waals surface area contributed by atoms with Gasteiger partial charge in [-0.05, 0) is 38.0 Å². The molecule has 1 aromatic carbocycles. The van der Waals surface area contributed by atoms with Gasteiger partial charge in [0.25, 0.3) is 5.91 Å². The van der Waals surface area contributed by atoms with Crippen LogP contribution in [-0.2, 0) is 0 Å². The van der Waals surface area contributed by atoms with Crippen molar-refractivity contribution in [2.24, 2.45) is 0 Å². The summed E-state index contributed by atoms with van der Waals surface area (Å²) in [4.78, 5) is 14.0. The molecule has 1 aliphatic carbocycles. The number of hydrogen-bond donors (Lipinski definition) is 1. The van der Waals surface area contributed by atoms with E-state index in [1.54, 1.807) is 4.90 Å². The molecule has 1 fully saturated rings. The molecule has 4 heteroatoms. The number of carbonyl (C=O) groups excluding carboxylic acids is 1. The van der Waals surface area contributed by atoms with Crippen molar-refractivity contribution >= 4 is 5.91 Å². The maximum Gasteiger partial charge on any atom is 0.257 e. The van der Waals surface area contributed by atoms with Gasteiger partial charge in [0.2, 0.25) is 0 Å². The normalized spacial score (nSPS) is 13.6. The van der Waals surface area contributed by atoms with E-state index in [0.717, 1.165) is 12.8 Å². The number of aliphatic hydroxyl groups is 1. The van der Waals surface area contributed by atoms with Crippen molar-refractivity contribution in [3.05, 3.63) is 35.1 Å². The van der Waals surface area contributed by atoms with Gasteiger partial charge in [-0.2, -0.15) is 0 Å². The molecule has 1 aromatic rings. The zero-order valence-electron chi connectivity index (χ0n) is 10.8. The third-order valence-electron chi connectivity index (χ3n) is 3.10. The van der Waals surface area contributed by atoms with E-state index in [-0.39, 0.29) is 24.1 Å². The van der Waals surface area contributed by atoms with Crippen LogP contribution >= 0.6 is 0 Å². The van der Waals surface area contributed by atoms with Gasteiger partial charge in [0.05, 0.1) is 5.56 Å². The minimum Gasteiger partial charge on any atom is -0.384 e. The summed E-state index contributed by atoms with van der Waals surface area (Å²) in [6, 6.07) is 4.45. The Hall–Kier alpha value is -1.86. The average Bonchev–Trinajstić information content (AvgIpc) is 3.23. The molecule has 1 aliphatic rings. The van der Waals surface area contributed by atoms with Gasteiger partial charge >= 0.3 is 0 Å². The zero-order chi connectivity index (χ0) is 13.8. The Bertz CT molecular complexity index is 541. The van der Waals surface area contributed by atoms with Gasteiger partial charge in [0.1, 0.15) is 12.4 Å². The van der Waals surface area contributed by atoms with E-state index in [9.17, 15) is 9.18 Å². The summed E-state index contributed by atoms with van der Waals surface area (Å²) in [6.07, 6.45) is 1.98. The first kappa shape index (κ1) is 13.6. The highest BCUT2D eigenvalue weighted by Crippen LogP contribution is 2.28. The number of amides is 1. The Morgan fingerprint density at radius 1 is 1.53 bits per heavy atom. The van der Waals surface area contributed by atoms with Crippen molar-refractivity contribution in [3.8, 4) is 11.8 Å². The summed E-state index contributed by atoms with van der Waals surface area (Å²) >= 11 is 0. The first-order valence-corrected chi connectivity index (χ1v) is 6.37. The molecule has 3 nitrogen and oxygen atoms in total. The quantitative estimate of drug-likeness (QED) is 0.843. The van der Waals surface area contributed by atoms with Crippen molar-refractivity contribution in [1.29, 1.82) is 0 Å². The first-order valence-electron chi connectivity index (χ1n) is 6.37. The van der Waals surface area contributed by atoms with Crippen molar-refractivity contribution in [2.45, 2.75) is 25.8 Å². The lowest BCUT2D eigenvalue weighted by Gasteiger charge is -2.20. The molecular weight excluding hydrogens is 245 g/mol. The molecule has 19 heavy (non-hydrogen) atoms. The summed E-state index contributed by atoms with van der Waals surface area (Å²) < 4.78 is 13.8. The van der Waals surface area contributed by atoms with Gasteiger partial charge in [0, 0.05) is 18.2 Å². The standard InChI is InChI=1S/C15H16FNO2/c1-2-17(12-6-7-12)15(19)13-10-11(4-3-9-18)5-8-14(13)16/h5,8,10,12,18H,2,6-7,9H2,1H3. The third-order valence-corrected chi connectivity index (χ3v) is 3.10. The fraction of sp³-hybridized carbons (Fsp3) is 0.400. The van der Waals surface area contributed by atoms with Crippen molar-refractivity contribution in [3.63, 3.8) is 0 Å². The molecule has 1 N–H and O–H groups in total. The number of halogens is 1. The molecule has 0 unspecified atom stereocenters. The van der Waals surface area contributed by atoms with Crippen molar-refractivity contribution in [1.82, 2.24) is 4.90 Å². The van der Waals surface area contributed by atoms with Crippen LogP contribution in [0.1, 0.15) is 35.7 Å². The maximum atomic E-state index is 13.8. The van der Waals surface area contributed by atoms with Crippen LogP contribution in [-0.4, -0.2) is 35.1 Å². The topological polar surface area (TPSA) is 40.5 Å². The lowest BCUT2D eigenvalue weighted by Crippen LogP contribution is -2.33. The van der Waals surface area contributed by atoms with E-state index >= 15 is 0 Å². The fourth-order valence-electron chi connectivity index (χ4n) is 2.02. The number of carbonyl (C=O) groups is 1. The monoisotopic (exact) mass is 261 g/mol. The Morgan fingerprint density at radius 2 is 2.26 bits per heavy atom. The van der Waals surface area contributed by atoms with Gasteiger partial charge in [-0.15, -0.1) is 0 Å². The number of nitrogens with zero attached hydrogens (tertiary/aromatic N) is 1. The molecule has 0 atom stereocenters. The van der Waals surface area contributed by atoms with Gasteiger partial charge in [-0.1, -0.05) is 11.8 Å². The first-order chi connectivity index (χ1) is 9.17. The van der Waals surface area contributed by atoms with Crippen LogP contribution in [0.2, 0.25) is 0 Å². The van der Waals surface area contributed by atoms with Crippen LogP contribution < -0.4 is 0 Å². The number of aliphatic hydroxyl groups excluding tert-OH is 1. The Kier molecular flexibility index (Phi) is 4.18. The van der Waals surface area contributed by atoms with Crippen LogP contribution in [0.15, 0.2) is 18.2 Å². The summed E-state index contributed by atoms with van der Waals surface area (Å²) in [5.41, 5.74) is 0.587. The lowest BCUT2D eigenvalue weighted by molar-refractivity contribution is 0.0748. The molecular formula is C15H16FNO2. The Morgan fingerprint density at radius 3 is 2.84 bits per heavy atom. The van der Waals surface area contributed by atoms with Gasteiger partial charge in [-0.3, -0.25) is 4.79 Å². The van der Waals surface area contributed by atoms with E-state index in [2.05, 4.69) is 11.8 Å². The summed E-state index contributed by atoms with van der Waals surface area (Å²) in [5, 5.41) is 8.65. The smallest absolute Gasteiger partial charge is 0.257 e. The SMILES string of the molecule is CCN(C(=O)c1cc(C#CCO)ccc1F)C1CC1. The summed E-state index contributed by atoms with van der Waals surface area (Å²) in [7, 11) is 0. The van der Waals surface area contributed by atoms with E-state index in [1.165, 1.54) is 18.2 Å². The second-order valence-corrected chi connectivity index (χ2v) is 4.48. The molecule has 1 amide bonds. The molecule has 1 saturated carbocycles. The minimum atomic E-state index is -0.529. The molecule has 0 aliphatic heterocycles. The lowest BCUT2D eigenvalue weighted by atomic mass is 10.1. The van der Waals surface area contributed by atoms with Gasteiger partial charge < -0.3 is 10.0 Å². The minimum absolute atomic E-state index is 0.0542.